The van der Waals surface area contributed by atoms with Gasteiger partial charge in [0.1, 0.15) is 0 Å². The van der Waals surface area contributed by atoms with Crippen LogP contribution in [0.5, 0.6) is 0 Å². The van der Waals surface area contributed by atoms with Crippen LogP contribution in [-0.2, 0) is 0 Å². The van der Waals surface area contributed by atoms with E-state index < -0.39 is 0 Å². The van der Waals surface area contributed by atoms with Crippen molar-refractivity contribution < 1.29 is 13.7 Å². The molecule has 0 aliphatic carbocycles. The van der Waals surface area contributed by atoms with Gasteiger partial charge in [-0.15, -0.1) is 11.3 Å². The molecule has 0 spiro atoms. The number of hydrogen-bond acceptors (Lipinski definition) is 1. The molecule has 0 atom stereocenters. The summed E-state index contributed by atoms with van der Waals surface area (Å²) in [6.45, 7) is 0. The molecular weight excluding hydrogens is 637 g/mol. The highest BCUT2D eigenvalue weighted by molar-refractivity contribution is 7.25. The predicted octanol–water partition coefficient (Wildman–Crippen LogP) is 13.6. The van der Waals surface area contributed by atoms with E-state index in [-0.39, 0.29) is 66.0 Å². The highest BCUT2D eigenvalue weighted by atomic mass is 32.1. The van der Waals surface area contributed by atoms with Gasteiger partial charge in [-0.3, -0.25) is 0 Å². The fourth-order valence-corrected chi connectivity index (χ4v) is 8.48. The smallest absolute Gasteiger partial charge is 0.0645 e. The normalized spacial score (nSPS) is 14.7. The topological polar surface area (TPSA) is 9.86 Å². The Morgan fingerprint density at radius 3 is 1.98 bits per heavy atom. The zero-order valence-corrected chi connectivity index (χ0v) is 27.7. The first-order valence-electron chi connectivity index (χ1n) is 21.6. The second kappa shape index (κ2) is 11.0. The van der Waals surface area contributed by atoms with Crippen LogP contribution in [0.25, 0.3) is 97.4 Å². The Morgan fingerprint density at radius 1 is 0.412 bits per heavy atom. The summed E-state index contributed by atoms with van der Waals surface area (Å²) in [7, 11) is 0. The molecule has 238 valence electrons. The third kappa shape index (κ3) is 4.29. The van der Waals surface area contributed by atoms with E-state index in [2.05, 4.69) is 0 Å². The van der Waals surface area contributed by atoms with E-state index in [4.69, 9.17) is 8.22 Å². The molecule has 11 aromatic rings. The lowest BCUT2D eigenvalue weighted by Crippen LogP contribution is -1.96. The monoisotopic (exact) mass is 676 g/mol. The van der Waals surface area contributed by atoms with Gasteiger partial charge in [-0.1, -0.05) is 115 Å². The molecule has 3 heteroatoms. The number of benzene rings is 8. The first kappa shape index (κ1) is 20.3. The molecule has 0 unspecified atom stereocenters. The molecule has 0 N–H and O–H groups in total. The minimum atomic E-state index is -0.326. The van der Waals surface area contributed by atoms with Crippen LogP contribution in [0.3, 0.4) is 0 Å². The quantitative estimate of drug-likeness (QED) is 0.176. The Balaban J connectivity index is 1.23. The number of rotatable bonds is 4. The van der Waals surface area contributed by atoms with Crippen LogP contribution in [-0.4, -0.2) is 9.13 Å². The van der Waals surface area contributed by atoms with Gasteiger partial charge in [0.05, 0.1) is 41.5 Å². The minimum absolute atomic E-state index is 0.00391. The number of aromatic nitrogens is 2. The van der Waals surface area contributed by atoms with E-state index in [1.807, 2.05) is 130 Å². The standard InChI is InChI=1S/C48H30N2S/c1-2-12-31(13-3-1)32-14-10-15-33(28-32)34-24-27-46-40(29-34)48-45(22-11-23-47(48)51-46)50-43-21-9-6-18-38(43)39-30-35(25-26-44(39)50)49-41-19-7-4-16-36(41)37-17-5-8-20-42(37)49/h1-30H/i4D,7D,11D,16D,19D,22D,23D,24D,27D,29D. The first-order valence-corrected chi connectivity index (χ1v) is 17.4. The average Bonchev–Trinajstić information content (AvgIpc) is 3.96. The van der Waals surface area contributed by atoms with E-state index in [0.717, 1.165) is 33.2 Å². The SMILES string of the molecule is [2H]c1c(-c2cccc(-c3ccccc3)c2)c([2H])c2c(sc3c([2H])c([2H])c([2H])c(-n4c5ccccc5c5cc(-n6c7ccccc7c7c([2H])c([2H])c([2H])c([2H])c76)ccc54)c32)c1[2H]. The van der Waals surface area contributed by atoms with Crippen LogP contribution in [0.15, 0.2) is 182 Å². The minimum Gasteiger partial charge on any atom is -0.309 e. The van der Waals surface area contributed by atoms with Crippen molar-refractivity contribution in [1.29, 1.82) is 0 Å². The summed E-state index contributed by atoms with van der Waals surface area (Å²) in [5.41, 5.74) is 6.12. The molecule has 0 saturated carbocycles. The van der Waals surface area contributed by atoms with Gasteiger partial charge in [-0.2, -0.15) is 0 Å². The molecule has 0 aliphatic rings. The zero-order chi connectivity index (χ0) is 42.2. The zero-order valence-electron chi connectivity index (χ0n) is 36.8. The molecule has 0 bridgehead atoms. The summed E-state index contributed by atoms with van der Waals surface area (Å²) in [5.74, 6) is 0. The third-order valence-electron chi connectivity index (χ3n) is 9.75. The largest absolute Gasteiger partial charge is 0.309 e. The van der Waals surface area contributed by atoms with E-state index >= 15 is 0 Å². The molecule has 0 aliphatic heterocycles. The van der Waals surface area contributed by atoms with Gasteiger partial charge in [0.25, 0.3) is 0 Å². The van der Waals surface area contributed by atoms with Crippen molar-refractivity contribution in [3.63, 3.8) is 0 Å². The molecule has 3 aromatic heterocycles. The lowest BCUT2D eigenvalue weighted by atomic mass is 9.98. The van der Waals surface area contributed by atoms with Crippen LogP contribution in [0.4, 0.5) is 0 Å². The highest BCUT2D eigenvalue weighted by Gasteiger charge is 2.19. The lowest BCUT2D eigenvalue weighted by Gasteiger charge is -2.12. The fraction of sp³-hybridized carbons (Fsp3) is 0. The van der Waals surface area contributed by atoms with Crippen molar-refractivity contribution in [3.8, 4) is 33.6 Å². The van der Waals surface area contributed by atoms with Gasteiger partial charge < -0.3 is 9.13 Å². The predicted molar refractivity (Wildman–Crippen MR) is 219 cm³/mol. The first-order chi connectivity index (χ1) is 29.5. The van der Waals surface area contributed by atoms with Gasteiger partial charge in [0.15, 0.2) is 0 Å². The molecule has 11 rings (SSSR count). The molecule has 0 fully saturated rings. The van der Waals surface area contributed by atoms with Crippen LogP contribution in [0.1, 0.15) is 13.7 Å². The Bertz CT molecular complexity index is 3720. The number of para-hydroxylation sites is 3. The van der Waals surface area contributed by atoms with Gasteiger partial charge in [-0.05, 0) is 88.9 Å². The maximum absolute atomic E-state index is 9.80. The average molecular weight is 677 g/mol. The molecular formula is C48H30N2S. The maximum Gasteiger partial charge on any atom is 0.0645 e. The van der Waals surface area contributed by atoms with E-state index in [9.17, 15) is 5.48 Å². The second-order valence-electron chi connectivity index (χ2n) is 12.6. The van der Waals surface area contributed by atoms with Gasteiger partial charge in [0.2, 0.25) is 0 Å². The summed E-state index contributed by atoms with van der Waals surface area (Å²) >= 11 is 1.10. The number of nitrogens with zero attached hydrogens (tertiary/aromatic N) is 2. The molecule has 3 heterocycles. The van der Waals surface area contributed by atoms with Gasteiger partial charge >= 0.3 is 0 Å². The van der Waals surface area contributed by atoms with Gasteiger partial charge in [-0.25, -0.2) is 0 Å². The summed E-state index contributed by atoms with van der Waals surface area (Å²) in [5, 5.41) is 3.45. The Labute approximate surface area is 312 Å². The Kier molecular flexibility index (Phi) is 4.40. The highest BCUT2D eigenvalue weighted by Crippen LogP contribution is 2.43. The second-order valence-corrected chi connectivity index (χ2v) is 13.6. The number of hydrogen-bond donors (Lipinski definition) is 0. The van der Waals surface area contributed by atoms with Crippen LogP contribution < -0.4 is 0 Å². The van der Waals surface area contributed by atoms with E-state index in [0.29, 0.717) is 69.9 Å². The van der Waals surface area contributed by atoms with Crippen LogP contribution >= 0.6 is 11.3 Å². The fourth-order valence-electron chi connectivity index (χ4n) is 7.51. The van der Waals surface area contributed by atoms with Crippen LogP contribution in [0.2, 0.25) is 0 Å². The molecule has 51 heavy (non-hydrogen) atoms. The van der Waals surface area contributed by atoms with Crippen molar-refractivity contribution >= 4 is 75.1 Å². The third-order valence-corrected chi connectivity index (χ3v) is 10.8. The van der Waals surface area contributed by atoms with Crippen molar-refractivity contribution in [2.75, 3.05) is 0 Å². The summed E-state index contributed by atoms with van der Waals surface area (Å²) in [4.78, 5) is 0. The van der Waals surface area contributed by atoms with Crippen molar-refractivity contribution in [1.82, 2.24) is 9.13 Å². The summed E-state index contributed by atoms with van der Waals surface area (Å²) in [6, 6.07) is 36.5. The molecule has 2 nitrogen and oxygen atoms in total. The Hall–Kier alpha value is -6.42. The van der Waals surface area contributed by atoms with Crippen LogP contribution in [0, 0.1) is 0 Å². The maximum atomic E-state index is 9.80. The van der Waals surface area contributed by atoms with E-state index in [1.54, 1.807) is 0 Å². The molecule has 0 saturated heterocycles. The lowest BCUT2D eigenvalue weighted by molar-refractivity contribution is 1.17. The van der Waals surface area contributed by atoms with E-state index in [1.165, 1.54) is 0 Å². The number of fused-ring (bicyclic) bond motifs is 9. The summed E-state index contributed by atoms with van der Waals surface area (Å²) in [6.07, 6.45) is 0. The van der Waals surface area contributed by atoms with Crippen molar-refractivity contribution in [3.05, 3.63) is 182 Å². The summed E-state index contributed by atoms with van der Waals surface area (Å²) < 4.78 is 95.3. The number of thiophene rings is 1. The molecule has 8 aromatic carbocycles. The van der Waals surface area contributed by atoms with Gasteiger partial charge in [0, 0.05) is 47.4 Å². The Morgan fingerprint density at radius 2 is 1.12 bits per heavy atom. The molecule has 0 radical (unpaired) electrons. The van der Waals surface area contributed by atoms with Crippen molar-refractivity contribution in [2.24, 2.45) is 0 Å². The van der Waals surface area contributed by atoms with Crippen molar-refractivity contribution in [2.45, 2.75) is 0 Å². The molecule has 0 amide bonds.